The van der Waals surface area contributed by atoms with Crippen molar-refractivity contribution in [1.82, 2.24) is 4.72 Å². The van der Waals surface area contributed by atoms with E-state index in [0.29, 0.717) is 6.42 Å². The second kappa shape index (κ2) is 5.94. The first-order valence-corrected chi connectivity index (χ1v) is 8.65. The molecule has 1 aliphatic rings. The number of carboxylic acid groups (broad SMARTS) is 1. The van der Waals surface area contributed by atoms with Crippen molar-refractivity contribution in [2.45, 2.75) is 43.0 Å². The van der Waals surface area contributed by atoms with Crippen LogP contribution in [0.2, 0.25) is 5.02 Å². The summed E-state index contributed by atoms with van der Waals surface area (Å²) in [5.74, 6) is -0.978. The molecule has 1 aromatic carbocycles. The lowest BCUT2D eigenvalue weighted by Gasteiger charge is -2.36. The standard InChI is InChI=1S/C14H18ClNO4S/c1-10-5-4-8-14(9-10,13(17)18)16-21(19,20)12-7-3-2-6-11(12)15/h2-3,6-7,10,16H,4-5,8-9H2,1H3,(H,17,18). The van der Waals surface area contributed by atoms with Gasteiger partial charge in [-0.05, 0) is 30.9 Å². The van der Waals surface area contributed by atoms with E-state index >= 15 is 0 Å². The molecule has 1 aromatic rings. The van der Waals surface area contributed by atoms with Crippen LogP contribution in [0, 0.1) is 5.92 Å². The van der Waals surface area contributed by atoms with Crippen molar-refractivity contribution in [3.8, 4) is 0 Å². The Labute approximate surface area is 129 Å². The number of hydrogen-bond acceptors (Lipinski definition) is 3. The molecule has 0 saturated heterocycles. The fourth-order valence-corrected chi connectivity index (χ4v) is 4.78. The molecule has 1 saturated carbocycles. The summed E-state index contributed by atoms with van der Waals surface area (Å²) in [7, 11) is -3.98. The Bertz CT molecular complexity index is 646. The van der Waals surface area contributed by atoms with Crippen molar-refractivity contribution >= 4 is 27.6 Å². The van der Waals surface area contributed by atoms with E-state index in [9.17, 15) is 18.3 Å². The number of nitrogens with one attached hydrogen (secondary N) is 1. The van der Waals surface area contributed by atoms with Gasteiger partial charge >= 0.3 is 5.97 Å². The van der Waals surface area contributed by atoms with Gasteiger partial charge in [0.25, 0.3) is 0 Å². The van der Waals surface area contributed by atoms with Crippen molar-refractivity contribution < 1.29 is 18.3 Å². The van der Waals surface area contributed by atoms with Crippen LogP contribution < -0.4 is 4.72 Å². The van der Waals surface area contributed by atoms with Gasteiger partial charge in [-0.1, -0.05) is 43.5 Å². The molecule has 1 fully saturated rings. The lowest BCUT2D eigenvalue weighted by Crippen LogP contribution is -2.56. The normalized spacial score (nSPS) is 26.5. The summed E-state index contributed by atoms with van der Waals surface area (Å²) >= 11 is 5.91. The molecule has 7 heteroatoms. The third kappa shape index (κ3) is 3.39. The average Bonchev–Trinajstić information content (AvgIpc) is 2.38. The Morgan fingerprint density at radius 1 is 1.43 bits per heavy atom. The van der Waals surface area contributed by atoms with Crippen molar-refractivity contribution in [2.24, 2.45) is 5.92 Å². The number of aliphatic carboxylic acids is 1. The van der Waals surface area contributed by atoms with E-state index in [1.54, 1.807) is 12.1 Å². The van der Waals surface area contributed by atoms with E-state index in [0.717, 1.165) is 6.42 Å². The highest BCUT2D eigenvalue weighted by molar-refractivity contribution is 7.89. The molecular weight excluding hydrogens is 314 g/mol. The molecule has 0 radical (unpaired) electrons. The fourth-order valence-electron chi connectivity index (χ4n) is 2.86. The summed E-state index contributed by atoms with van der Waals surface area (Å²) in [6, 6.07) is 6.01. The highest BCUT2D eigenvalue weighted by Gasteiger charge is 2.45. The topological polar surface area (TPSA) is 83.5 Å². The van der Waals surface area contributed by atoms with Crippen molar-refractivity contribution in [3.63, 3.8) is 0 Å². The second-order valence-electron chi connectivity index (χ2n) is 5.62. The van der Waals surface area contributed by atoms with Crippen molar-refractivity contribution in [2.75, 3.05) is 0 Å². The Hall–Kier alpha value is -1.11. The fraction of sp³-hybridized carbons (Fsp3) is 0.500. The van der Waals surface area contributed by atoms with Gasteiger partial charge in [-0.3, -0.25) is 4.79 Å². The lowest BCUT2D eigenvalue weighted by atomic mass is 9.77. The molecule has 0 amide bonds. The number of rotatable bonds is 4. The van der Waals surface area contributed by atoms with Crippen LogP contribution in [0.25, 0.3) is 0 Å². The van der Waals surface area contributed by atoms with E-state index < -0.39 is 21.5 Å². The SMILES string of the molecule is CC1CCCC(NS(=O)(=O)c2ccccc2Cl)(C(=O)O)C1. The van der Waals surface area contributed by atoms with Gasteiger partial charge in [0.2, 0.25) is 10.0 Å². The molecule has 0 heterocycles. The van der Waals surface area contributed by atoms with Gasteiger partial charge in [0.1, 0.15) is 10.4 Å². The van der Waals surface area contributed by atoms with Crippen LogP contribution in [0.1, 0.15) is 32.6 Å². The summed E-state index contributed by atoms with van der Waals surface area (Å²) in [6.45, 7) is 1.93. The third-order valence-corrected chi connectivity index (χ3v) is 5.90. The zero-order valence-electron chi connectivity index (χ0n) is 11.7. The predicted molar refractivity (Wildman–Crippen MR) is 79.8 cm³/mol. The van der Waals surface area contributed by atoms with Gasteiger partial charge in [0.15, 0.2) is 0 Å². The number of benzene rings is 1. The maximum Gasteiger partial charge on any atom is 0.324 e. The van der Waals surface area contributed by atoms with Crippen LogP contribution in [0.15, 0.2) is 29.2 Å². The zero-order valence-corrected chi connectivity index (χ0v) is 13.2. The number of carbonyl (C=O) groups is 1. The molecule has 0 bridgehead atoms. The highest BCUT2D eigenvalue weighted by atomic mass is 35.5. The molecule has 2 unspecified atom stereocenters. The zero-order chi connectivity index (χ0) is 15.7. The molecule has 2 atom stereocenters. The molecule has 2 N–H and O–H groups in total. The van der Waals surface area contributed by atoms with E-state index in [-0.39, 0.29) is 28.7 Å². The van der Waals surface area contributed by atoms with Gasteiger partial charge in [0.05, 0.1) is 5.02 Å². The highest BCUT2D eigenvalue weighted by Crippen LogP contribution is 2.34. The summed E-state index contributed by atoms with van der Waals surface area (Å²) in [5, 5.41) is 9.60. The van der Waals surface area contributed by atoms with E-state index in [2.05, 4.69) is 4.72 Å². The summed E-state index contributed by atoms with van der Waals surface area (Å²) in [4.78, 5) is 11.6. The van der Waals surface area contributed by atoms with E-state index in [1.807, 2.05) is 6.92 Å². The molecule has 0 aromatic heterocycles. The van der Waals surface area contributed by atoms with Crippen LogP contribution in [0.3, 0.4) is 0 Å². The number of halogens is 1. The van der Waals surface area contributed by atoms with Crippen LogP contribution in [0.4, 0.5) is 0 Å². The molecule has 5 nitrogen and oxygen atoms in total. The average molecular weight is 332 g/mol. The summed E-state index contributed by atoms with van der Waals surface area (Å²) < 4.78 is 27.3. The van der Waals surface area contributed by atoms with Crippen LogP contribution in [-0.2, 0) is 14.8 Å². The molecule has 1 aliphatic carbocycles. The minimum Gasteiger partial charge on any atom is -0.480 e. The first kappa shape index (κ1) is 16.3. The molecule has 0 spiro atoms. The first-order chi connectivity index (χ1) is 9.77. The number of carboxylic acids is 1. The minimum absolute atomic E-state index is 0.0781. The van der Waals surface area contributed by atoms with E-state index in [1.165, 1.54) is 12.1 Å². The number of hydrogen-bond donors (Lipinski definition) is 2. The molecule has 2 rings (SSSR count). The molecular formula is C14H18ClNO4S. The molecule has 116 valence electrons. The Kier molecular flexibility index (Phi) is 4.60. The summed E-state index contributed by atoms with van der Waals surface area (Å²) in [6.07, 6.45) is 2.16. The maximum absolute atomic E-state index is 12.5. The Morgan fingerprint density at radius 3 is 2.67 bits per heavy atom. The second-order valence-corrected chi connectivity index (χ2v) is 7.68. The maximum atomic E-state index is 12.5. The van der Waals surface area contributed by atoms with Gasteiger partial charge in [-0.25, -0.2) is 8.42 Å². The predicted octanol–water partition coefficient (Wildman–Crippen LogP) is 2.65. The Morgan fingerprint density at radius 2 is 2.10 bits per heavy atom. The minimum atomic E-state index is -3.98. The van der Waals surface area contributed by atoms with Crippen molar-refractivity contribution in [3.05, 3.63) is 29.3 Å². The Balaban J connectivity index is 2.37. The van der Waals surface area contributed by atoms with Gasteiger partial charge in [-0.2, -0.15) is 4.72 Å². The molecule has 0 aliphatic heterocycles. The third-order valence-electron chi connectivity index (χ3n) is 3.86. The van der Waals surface area contributed by atoms with Crippen molar-refractivity contribution in [1.29, 1.82) is 0 Å². The lowest BCUT2D eigenvalue weighted by molar-refractivity contribution is -0.146. The summed E-state index contributed by atoms with van der Waals surface area (Å²) in [5.41, 5.74) is -1.45. The first-order valence-electron chi connectivity index (χ1n) is 6.79. The van der Waals surface area contributed by atoms with Crippen LogP contribution in [0.5, 0.6) is 0 Å². The van der Waals surface area contributed by atoms with Gasteiger partial charge < -0.3 is 5.11 Å². The molecule has 21 heavy (non-hydrogen) atoms. The smallest absolute Gasteiger partial charge is 0.324 e. The van der Waals surface area contributed by atoms with Crippen LogP contribution >= 0.6 is 11.6 Å². The monoisotopic (exact) mass is 331 g/mol. The quantitative estimate of drug-likeness (QED) is 0.888. The van der Waals surface area contributed by atoms with Gasteiger partial charge in [-0.15, -0.1) is 0 Å². The largest absolute Gasteiger partial charge is 0.480 e. The number of sulfonamides is 1. The van der Waals surface area contributed by atoms with Crippen LogP contribution in [-0.4, -0.2) is 25.0 Å². The van der Waals surface area contributed by atoms with Gasteiger partial charge in [0, 0.05) is 0 Å². The van der Waals surface area contributed by atoms with E-state index in [4.69, 9.17) is 11.6 Å².